The van der Waals surface area contributed by atoms with Crippen molar-refractivity contribution >= 4 is 10.9 Å². The number of alkyl halides is 3. The Morgan fingerprint density at radius 1 is 1.04 bits per heavy atom. The van der Waals surface area contributed by atoms with Gasteiger partial charge in [-0.25, -0.2) is 4.98 Å². The second kappa shape index (κ2) is 5.66. The van der Waals surface area contributed by atoms with Crippen LogP contribution in [0.15, 0.2) is 61.1 Å². The molecule has 0 unspecified atom stereocenters. The molecule has 1 N–H and O–H groups in total. The van der Waals surface area contributed by atoms with Gasteiger partial charge in [0.05, 0.1) is 11.7 Å². The van der Waals surface area contributed by atoms with E-state index in [-0.39, 0.29) is 5.75 Å². The van der Waals surface area contributed by atoms with Crippen molar-refractivity contribution in [1.82, 2.24) is 19.7 Å². The Morgan fingerprint density at radius 2 is 1.84 bits per heavy atom. The summed E-state index contributed by atoms with van der Waals surface area (Å²) in [6.45, 7) is 0. The molecule has 0 atom stereocenters. The third kappa shape index (κ3) is 3.06. The van der Waals surface area contributed by atoms with Crippen LogP contribution in [0.2, 0.25) is 0 Å². The second-order valence-corrected chi connectivity index (χ2v) is 5.33. The zero-order valence-electron chi connectivity index (χ0n) is 12.7. The quantitative estimate of drug-likeness (QED) is 0.602. The van der Waals surface area contributed by atoms with Crippen molar-refractivity contribution in [3.63, 3.8) is 0 Å². The lowest BCUT2D eigenvalue weighted by Gasteiger charge is -2.11. The number of ether oxygens (including phenoxy) is 1. The van der Waals surface area contributed by atoms with Crippen LogP contribution < -0.4 is 4.74 Å². The Morgan fingerprint density at radius 3 is 2.60 bits per heavy atom. The molecule has 0 aliphatic rings. The van der Waals surface area contributed by atoms with E-state index in [1.165, 1.54) is 24.3 Å². The Bertz CT molecular complexity index is 1020. The zero-order chi connectivity index (χ0) is 17.4. The van der Waals surface area contributed by atoms with Crippen LogP contribution in [0.3, 0.4) is 0 Å². The maximum atomic E-state index is 12.3. The van der Waals surface area contributed by atoms with Gasteiger partial charge in [0, 0.05) is 29.0 Å². The highest BCUT2D eigenvalue weighted by atomic mass is 19.4. The van der Waals surface area contributed by atoms with Gasteiger partial charge >= 0.3 is 6.36 Å². The minimum Gasteiger partial charge on any atom is -0.406 e. The number of fused-ring (bicyclic) bond motifs is 1. The fraction of sp³-hybridized carbons (Fsp3) is 0.0588. The number of H-pyrrole nitrogens is 1. The van der Waals surface area contributed by atoms with E-state index >= 15 is 0 Å². The number of aromatic nitrogens is 4. The van der Waals surface area contributed by atoms with Gasteiger partial charge in [0.2, 0.25) is 0 Å². The molecule has 4 rings (SSSR count). The largest absolute Gasteiger partial charge is 0.573 e. The van der Waals surface area contributed by atoms with Gasteiger partial charge in [-0.2, -0.15) is 5.10 Å². The molecule has 0 fully saturated rings. The summed E-state index contributed by atoms with van der Waals surface area (Å²) in [5.74, 6) is 0.343. The van der Waals surface area contributed by atoms with Crippen LogP contribution in [0, 0.1) is 0 Å². The Kier molecular flexibility index (Phi) is 3.45. The predicted molar refractivity (Wildman–Crippen MR) is 85.3 cm³/mol. The van der Waals surface area contributed by atoms with Crippen LogP contribution in [0.25, 0.3) is 28.0 Å². The third-order valence-electron chi connectivity index (χ3n) is 3.69. The van der Waals surface area contributed by atoms with Gasteiger partial charge in [0.25, 0.3) is 0 Å². The van der Waals surface area contributed by atoms with Gasteiger partial charge in [-0.05, 0) is 42.5 Å². The molecule has 2 aromatic heterocycles. The molecule has 126 valence electrons. The zero-order valence-corrected chi connectivity index (χ0v) is 12.7. The Labute approximate surface area is 139 Å². The number of nitrogens with one attached hydrogen (secondary N) is 1. The predicted octanol–water partition coefficient (Wildman–Crippen LogP) is 4.31. The summed E-state index contributed by atoms with van der Waals surface area (Å²) < 4.78 is 42.5. The van der Waals surface area contributed by atoms with E-state index in [0.717, 1.165) is 16.6 Å². The van der Waals surface area contributed by atoms with Gasteiger partial charge in [0.1, 0.15) is 11.6 Å². The molecule has 25 heavy (non-hydrogen) atoms. The molecule has 5 nitrogen and oxygen atoms in total. The normalized spacial score (nSPS) is 11.8. The van der Waals surface area contributed by atoms with Crippen LogP contribution >= 0.6 is 0 Å². The summed E-state index contributed by atoms with van der Waals surface area (Å²) in [7, 11) is 0. The van der Waals surface area contributed by atoms with Gasteiger partial charge in [0.15, 0.2) is 0 Å². The lowest BCUT2D eigenvalue weighted by Crippen LogP contribution is -2.16. The van der Waals surface area contributed by atoms with E-state index in [4.69, 9.17) is 0 Å². The van der Waals surface area contributed by atoms with Crippen LogP contribution in [0.1, 0.15) is 0 Å². The van der Waals surface area contributed by atoms with E-state index in [0.29, 0.717) is 11.4 Å². The van der Waals surface area contributed by atoms with Gasteiger partial charge < -0.3 is 4.74 Å². The fourth-order valence-corrected chi connectivity index (χ4v) is 2.61. The standard InChI is InChI=1S/C17H11F3N4O/c18-17(19,20)25-14-4-1-11(2-5-14)16-21-7-8-24(16)13-3-6-15-12(9-13)10-22-23-15/h1-10H,(H,22,23). The van der Waals surface area contributed by atoms with Crippen molar-refractivity contribution in [3.8, 4) is 22.8 Å². The molecule has 0 amide bonds. The summed E-state index contributed by atoms with van der Waals surface area (Å²) in [5.41, 5.74) is 2.46. The van der Waals surface area contributed by atoms with E-state index in [1.54, 1.807) is 18.6 Å². The molecule has 0 saturated carbocycles. The number of hydrogen-bond donors (Lipinski definition) is 1. The lowest BCUT2D eigenvalue weighted by molar-refractivity contribution is -0.274. The molecule has 2 aromatic carbocycles. The third-order valence-corrected chi connectivity index (χ3v) is 3.69. The number of hydrogen-bond acceptors (Lipinski definition) is 3. The van der Waals surface area contributed by atoms with Crippen molar-refractivity contribution in [1.29, 1.82) is 0 Å². The summed E-state index contributed by atoms with van der Waals surface area (Å²) >= 11 is 0. The molecule has 2 heterocycles. The minimum absolute atomic E-state index is 0.269. The molecule has 0 aliphatic carbocycles. The van der Waals surface area contributed by atoms with Crippen molar-refractivity contribution in [2.75, 3.05) is 0 Å². The van der Waals surface area contributed by atoms with E-state index in [2.05, 4.69) is 19.9 Å². The van der Waals surface area contributed by atoms with Crippen molar-refractivity contribution < 1.29 is 17.9 Å². The maximum Gasteiger partial charge on any atom is 0.573 e. The van der Waals surface area contributed by atoms with Crippen LogP contribution in [0.4, 0.5) is 13.2 Å². The average Bonchev–Trinajstić information content (AvgIpc) is 3.22. The summed E-state index contributed by atoms with van der Waals surface area (Å²) in [6, 6.07) is 11.4. The summed E-state index contributed by atoms with van der Waals surface area (Å²) in [4.78, 5) is 4.31. The smallest absolute Gasteiger partial charge is 0.406 e. The highest BCUT2D eigenvalue weighted by Crippen LogP contribution is 2.27. The summed E-state index contributed by atoms with van der Waals surface area (Å²) in [6.07, 6.45) is 0.435. The number of benzene rings is 2. The Balaban J connectivity index is 1.69. The SMILES string of the molecule is FC(F)(F)Oc1ccc(-c2nccn2-c2ccc3[nH]ncc3c2)cc1. The van der Waals surface area contributed by atoms with Gasteiger partial charge in [-0.15, -0.1) is 13.2 Å². The molecular formula is C17H11F3N4O. The first kappa shape index (κ1) is 15.3. The number of rotatable bonds is 3. The number of aromatic amines is 1. The average molecular weight is 344 g/mol. The van der Waals surface area contributed by atoms with E-state index < -0.39 is 6.36 Å². The lowest BCUT2D eigenvalue weighted by atomic mass is 10.2. The molecule has 0 aliphatic heterocycles. The van der Waals surface area contributed by atoms with Crippen molar-refractivity contribution in [2.24, 2.45) is 0 Å². The topological polar surface area (TPSA) is 55.7 Å². The number of nitrogens with zero attached hydrogens (tertiary/aromatic N) is 3. The first-order valence-corrected chi connectivity index (χ1v) is 7.33. The second-order valence-electron chi connectivity index (χ2n) is 5.33. The first-order chi connectivity index (χ1) is 12.0. The van der Waals surface area contributed by atoms with E-state index in [9.17, 15) is 13.2 Å². The molecule has 0 bridgehead atoms. The first-order valence-electron chi connectivity index (χ1n) is 7.33. The molecule has 0 saturated heterocycles. The maximum absolute atomic E-state index is 12.3. The molecular weight excluding hydrogens is 333 g/mol. The van der Waals surface area contributed by atoms with Crippen LogP contribution in [0.5, 0.6) is 5.75 Å². The highest BCUT2D eigenvalue weighted by Gasteiger charge is 2.31. The van der Waals surface area contributed by atoms with Gasteiger partial charge in [-0.3, -0.25) is 9.67 Å². The summed E-state index contributed by atoms with van der Waals surface area (Å²) in [5, 5.41) is 7.82. The monoisotopic (exact) mass is 344 g/mol. The highest BCUT2D eigenvalue weighted by molar-refractivity contribution is 5.80. The molecule has 8 heteroatoms. The van der Waals surface area contributed by atoms with Crippen LogP contribution in [-0.2, 0) is 0 Å². The minimum atomic E-state index is -4.71. The molecule has 4 aromatic rings. The van der Waals surface area contributed by atoms with Crippen molar-refractivity contribution in [2.45, 2.75) is 6.36 Å². The van der Waals surface area contributed by atoms with Crippen molar-refractivity contribution in [3.05, 3.63) is 61.1 Å². The fourth-order valence-electron chi connectivity index (χ4n) is 2.61. The van der Waals surface area contributed by atoms with Gasteiger partial charge in [-0.1, -0.05) is 0 Å². The Hall–Kier alpha value is -3.29. The number of halogens is 3. The van der Waals surface area contributed by atoms with Crippen LogP contribution in [-0.4, -0.2) is 26.1 Å². The number of imidazole rings is 1. The van der Waals surface area contributed by atoms with E-state index in [1.807, 2.05) is 22.8 Å². The molecule has 0 spiro atoms. The molecule has 0 radical (unpaired) electrons.